The number of nitrogens with one attached hydrogen (secondary N) is 1. The molecule has 2 aromatic heterocycles. The standard InChI is InChI=1S/C14H16N5O5P/c15-14-17-12-11(13(20)18-14)16-7-19(12)5-9-2-1-3-10(4-9)6-24-8-25(21,22)23/h1-4,7H,5-6,8H2,(H2,21,22,23)(H3,15,17,18,20)/p-1. The highest BCUT2D eigenvalue weighted by atomic mass is 31.2. The summed E-state index contributed by atoms with van der Waals surface area (Å²) in [6, 6.07) is 7.23. The second kappa shape index (κ2) is 6.77. The van der Waals surface area contributed by atoms with Crippen molar-refractivity contribution in [2.24, 2.45) is 0 Å². The quantitative estimate of drug-likeness (QED) is 0.506. The Balaban J connectivity index is 1.79. The van der Waals surface area contributed by atoms with Gasteiger partial charge in [-0.15, -0.1) is 0 Å². The Hall–Kier alpha value is -2.52. The van der Waals surface area contributed by atoms with E-state index in [9.17, 15) is 14.3 Å². The Labute approximate surface area is 141 Å². The highest BCUT2D eigenvalue weighted by Crippen LogP contribution is 2.28. The Kier molecular flexibility index (Phi) is 4.69. The van der Waals surface area contributed by atoms with Crippen molar-refractivity contribution in [1.82, 2.24) is 19.5 Å². The second-order valence-corrected chi connectivity index (χ2v) is 6.96. The van der Waals surface area contributed by atoms with Crippen LogP contribution in [0.3, 0.4) is 0 Å². The van der Waals surface area contributed by atoms with Gasteiger partial charge in [0.05, 0.1) is 19.5 Å². The van der Waals surface area contributed by atoms with E-state index in [4.69, 9.17) is 15.4 Å². The van der Waals surface area contributed by atoms with Crippen LogP contribution in [0.5, 0.6) is 0 Å². The molecule has 0 fully saturated rings. The molecule has 0 aliphatic heterocycles. The number of hydrogen-bond acceptors (Lipinski definition) is 7. The van der Waals surface area contributed by atoms with E-state index >= 15 is 0 Å². The highest BCUT2D eigenvalue weighted by molar-refractivity contribution is 7.50. The van der Waals surface area contributed by atoms with E-state index in [1.165, 1.54) is 6.33 Å². The van der Waals surface area contributed by atoms with Gasteiger partial charge < -0.3 is 29.4 Å². The van der Waals surface area contributed by atoms with Crippen molar-refractivity contribution in [2.45, 2.75) is 13.2 Å². The summed E-state index contributed by atoms with van der Waals surface area (Å²) in [7, 11) is -4.44. The van der Waals surface area contributed by atoms with Crippen LogP contribution in [0.1, 0.15) is 11.1 Å². The number of H-pyrrole nitrogens is 1. The summed E-state index contributed by atoms with van der Waals surface area (Å²) < 4.78 is 17.3. The average molecular weight is 364 g/mol. The first kappa shape index (κ1) is 17.3. The summed E-state index contributed by atoms with van der Waals surface area (Å²) >= 11 is 0. The van der Waals surface area contributed by atoms with Crippen LogP contribution >= 0.6 is 7.60 Å². The number of imidazole rings is 1. The minimum Gasteiger partial charge on any atom is -0.777 e. The van der Waals surface area contributed by atoms with Gasteiger partial charge in [0.15, 0.2) is 18.8 Å². The molecule has 132 valence electrons. The third-order valence-electron chi connectivity index (χ3n) is 3.36. The molecule has 0 saturated heterocycles. The van der Waals surface area contributed by atoms with Crippen LogP contribution < -0.4 is 16.2 Å². The molecule has 1 atom stereocenters. The van der Waals surface area contributed by atoms with Gasteiger partial charge in [-0.3, -0.25) is 9.78 Å². The zero-order chi connectivity index (χ0) is 18.0. The summed E-state index contributed by atoms with van der Waals surface area (Å²) in [6.07, 6.45) is 0.754. The minimum atomic E-state index is -4.44. The van der Waals surface area contributed by atoms with Crippen molar-refractivity contribution < 1.29 is 19.1 Å². The second-order valence-electron chi connectivity index (χ2n) is 5.43. The number of nitrogens with zero attached hydrogens (tertiary/aromatic N) is 3. The maximum atomic E-state index is 11.8. The molecule has 11 heteroatoms. The molecule has 2 heterocycles. The van der Waals surface area contributed by atoms with Gasteiger partial charge in [-0.25, -0.2) is 4.98 Å². The minimum absolute atomic E-state index is 0.00690. The predicted octanol–water partition coefficient (Wildman–Crippen LogP) is -0.230. The summed E-state index contributed by atoms with van der Waals surface area (Å²) in [4.78, 5) is 41.7. The molecule has 3 aromatic rings. The third-order valence-corrected chi connectivity index (χ3v) is 3.87. The lowest BCUT2D eigenvalue weighted by molar-refractivity contribution is -0.198. The van der Waals surface area contributed by atoms with Gasteiger partial charge in [0.25, 0.3) is 5.56 Å². The van der Waals surface area contributed by atoms with E-state index in [0.29, 0.717) is 12.2 Å². The van der Waals surface area contributed by atoms with E-state index in [-0.39, 0.29) is 18.1 Å². The number of hydrogen-bond donors (Lipinski definition) is 3. The molecule has 0 radical (unpaired) electrons. The van der Waals surface area contributed by atoms with Crippen molar-refractivity contribution in [3.8, 4) is 0 Å². The fraction of sp³-hybridized carbons (Fsp3) is 0.214. The van der Waals surface area contributed by atoms with Gasteiger partial charge in [-0.1, -0.05) is 24.3 Å². The van der Waals surface area contributed by atoms with E-state index in [2.05, 4.69) is 15.0 Å². The molecule has 1 aromatic carbocycles. The van der Waals surface area contributed by atoms with Crippen molar-refractivity contribution in [3.63, 3.8) is 0 Å². The first-order valence-electron chi connectivity index (χ1n) is 7.21. The molecule has 0 saturated carbocycles. The van der Waals surface area contributed by atoms with Crippen LogP contribution in [-0.4, -0.2) is 30.8 Å². The zero-order valence-electron chi connectivity index (χ0n) is 13.0. The molecule has 0 aliphatic carbocycles. The molecular weight excluding hydrogens is 349 g/mol. The number of aromatic amines is 1. The summed E-state index contributed by atoms with van der Waals surface area (Å²) in [6.45, 7) is 0.427. The maximum absolute atomic E-state index is 11.8. The largest absolute Gasteiger partial charge is 0.777 e. The number of aromatic nitrogens is 4. The number of nitrogen functional groups attached to an aromatic ring is 1. The van der Waals surface area contributed by atoms with Crippen LogP contribution in [0.2, 0.25) is 0 Å². The lowest BCUT2D eigenvalue weighted by Gasteiger charge is -2.15. The molecule has 0 aliphatic rings. The topological polar surface area (TPSA) is 159 Å². The zero-order valence-corrected chi connectivity index (χ0v) is 13.8. The van der Waals surface area contributed by atoms with Crippen LogP contribution in [0.4, 0.5) is 5.95 Å². The number of anilines is 1. The Morgan fingerprint density at radius 2 is 2.16 bits per heavy atom. The normalized spacial score (nSPS) is 13.8. The number of ether oxygens (including phenoxy) is 1. The summed E-state index contributed by atoms with van der Waals surface area (Å²) in [5.41, 5.74) is 7.33. The van der Waals surface area contributed by atoms with Crippen LogP contribution in [0.15, 0.2) is 35.4 Å². The molecule has 3 rings (SSSR count). The van der Waals surface area contributed by atoms with Crippen molar-refractivity contribution in [3.05, 3.63) is 52.1 Å². The predicted molar refractivity (Wildman–Crippen MR) is 87.6 cm³/mol. The van der Waals surface area contributed by atoms with Crippen LogP contribution in [0, 0.1) is 0 Å². The summed E-state index contributed by atoms with van der Waals surface area (Å²) in [5.74, 6) is 0.00690. The number of rotatable bonds is 6. The molecule has 0 bridgehead atoms. The molecule has 10 nitrogen and oxygen atoms in total. The SMILES string of the molecule is Nc1nc2c(ncn2Cc2cccc(COCP(=O)([O-])O)c2)c(=O)[nH]1. The van der Waals surface area contributed by atoms with E-state index in [1.807, 2.05) is 12.1 Å². The first-order chi connectivity index (χ1) is 11.8. The average Bonchev–Trinajstić information content (AvgIpc) is 2.89. The number of benzene rings is 1. The number of fused-ring (bicyclic) bond motifs is 1. The number of nitrogens with two attached hydrogens (primary N) is 1. The monoisotopic (exact) mass is 364 g/mol. The van der Waals surface area contributed by atoms with Gasteiger partial charge in [0.1, 0.15) is 6.35 Å². The highest BCUT2D eigenvalue weighted by Gasteiger charge is 2.10. The van der Waals surface area contributed by atoms with E-state index in [1.54, 1.807) is 16.7 Å². The molecule has 0 amide bonds. The van der Waals surface area contributed by atoms with Crippen molar-refractivity contribution in [1.29, 1.82) is 0 Å². The fourth-order valence-electron chi connectivity index (χ4n) is 2.38. The van der Waals surface area contributed by atoms with Crippen molar-refractivity contribution in [2.75, 3.05) is 12.1 Å². The van der Waals surface area contributed by atoms with E-state index in [0.717, 1.165) is 11.1 Å². The molecular formula is C14H15N5O5P-. The van der Waals surface area contributed by atoms with Gasteiger partial charge >= 0.3 is 0 Å². The van der Waals surface area contributed by atoms with Crippen LogP contribution in [0.25, 0.3) is 11.2 Å². The lowest BCUT2D eigenvalue weighted by atomic mass is 10.1. The van der Waals surface area contributed by atoms with Gasteiger partial charge in [0.2, 0.25) is 5.95 Å². The smallest absolute Gasteiger partial charge is 0.280 e. The van der Waals surface area contributed by atoms with Crippen molar-refractivity contribution >= 4 is 24.7 Å². The van der Waals surface area contributed by atoms with Gasteiger partial charge in [-0.05, 0) is 11.1 Å². The Morgan fingerprint density at radius 1 is 1.40 bits per heavy atom. The molecule has 0 spiro atoms. The van der Waals surface area contributed by atoms with E-state index < -0.39 is 19.5 Å². The summed E-state index contributed by atoms with van der Waals surface area (Å²) in [5, 5.41) is 0. The Morgan fingerprint density at radius 3 is 2.92 bits per heavy atom. The molecule has 4 N–H and O–H groups in total. The molecule has 25 heavy (non-hydrogen) atoms. The third kappa shape index (κ3) is 4.31. The Bertz CT molecular complexity index is 1010. The molecule has 1 unspecified atom stereocenters. The maximum Gasteiger partial charge on any atom is 0.280 e. The van der Waals surface area contributed by atoms with Crippen LogP contribution in [-0.2, 0) is 22.5 Å². The van der Waals surface area contributed by atoms with Gasteiger partial charge in [0, 0.05) is 0 Å². The van der Waals surface area contributed by atoms with Gasteiger partial charge in [-0.2, -0.15) is 4.98 Å². The first-order valence-corrected chi connectivity index (χ1v) is 8.97. The lowest BCUT2D eigenvalue weighted by Crippen LogP contribution is -2.12. The fourth-order valence-corrected chi connectivity index (χ4v) is 2.70.